The molecule has 3 aromatic rings. The van der Waals surface area contributed by atoms with Crippen molar-refractivity contribution in [3.8, 4) is 5.75 Å². The van der Waals surface area contributed by atoms with Gasteiger partial charge in [0, 0.05) is 6.54 Å². The molecule has 0 saturated heterocycles. The van der Waals surface area contributed by atoms with Gasteiger partial charge in [0.15, 0.2) is 0 Å². The van der Waals surface area contributed by atoms with E-state index in [1.54, 1.807) is 4.68 Å². The number of hydrogen-bond acceptors (Lipinski definition) is 4. The predicted octanol–water partition coefficient (Wildman–Crippen LogP) is 2.02. The summed E-state index contributed by atoms with van der Waals surface area (Å²) in [5.74, 6) is 0.758. The molecule has 0 aliphatic heterocycles. The van der Waals surface area contributed by atoms with E-state index in [9.17, 15) is 4.79 Å². The van der Waals surface area contributed by atoms with E-state index in [0.29, 0.717) is 13.2 Å². The first-order valence-electron chi connectivity index (χ1n) is 7.56. The van der Waals surface area contributed by atoms with Crippen LogP contribution >= 0.6 is 0 Å². The average Bonchev–Trinajstić information content (AvgIpc) is 2.99. The van der Waals surface area contributed by atoms with Gasteiger partial charge in [-0.05, 0) is 30.7 Å². The highest BCUT2D eigenvalue weighted by Gasteiger charge is 2.07. The van der Waals surface area contributed by atoms with Crippen molar-refractivity contribution >= 4 is 16.9 Å². The Balaban J connectivity index is 1.40. The molecule has 1 N–H and O–H groups in total. The Labute approximate surface area is 134 Å². The van der Waals surface area contributed by atoms with Gasteiger partial charge in [-0.1, -0.05) is 35.5 Å². The molecule has 1 amide bonds. The zero-order chi connectivity index (χ0) is 15.9. The second-order valence-corrected chi connectivity index (χ2v) is 5.10. The maximum absolute atomic E-state index is 11.9. The molecule has 0 unspecified atom stereocenters. The minimum atomic E-state index is -0.0830. The second-order valence-electron chi connectivity index (χ2n) is 5.10. The molecule has 0 fully saturated rings. The van der Waals surface area contributed by atoms with Gasteiger partial charge in [0.2, 0.25) is 5.91 Å². The van der Waals surface area contributed by atoms with Gasteiger partial charge in [0.1, 0.15) is 17.8 Å². The number of rotatable bonds is 7. The number of carbonyl (C=O) groups is 1. The van der Waals surface area contributed by atoms with Crippen molar-refractivity contribution in [2.75, 3.05) is 13.2 Å². The van der Waals surface area contributed by atoms with Crippen molar-refractivity contribution in [3.63, 3.8) is 0 Å². The SMILES string of the molecule is O=C(Cn1nnc2ccccc21)NCCCOc1ccccc1. The Hall–Kier alpha value is -2.89. The van der Waals surface area contributed by atoms with E-state index in [1.165, 1.54) is 0 Å². The summed E-state index contributed by atoms with van der Waals surface area (Å²) in [5.41, 5.74) is 1.65. The Morgan fingerprint density at radius 3 is 2.74 bits per heavy atom. The number of hydrogen-bond donors (Lipinski definition) is 1. The number of fused-ring (bicyclic) bond motifs is 1. The smallest absolute Gasteiger partial charge is 0.241 e. The molecule has 1 aromatic heterocycles. The molecule has 0 atom stereocenters. The number of aromatic nitrogens is 3. The minimum Gasteiger partial charge on any atom is -0.494 e. The molecule has 1 heterocycles. The van der Waals surface area contributed by atoms with Crippen molar-refractivity contribution < 1.29 is 9.53 Å². The Kier molecular flexibility index (Phi) is 4.83. The minimum absolute atomic E-state index is 0.0830. The normalized spacial score (nSPS) is 10.6. The van der Waals surface area contributed by atoms with Gasteiger partial charge in [-0.3, -0.25) is 4.79 Å². The molecule has 2 aromatic carbocycles. The summed E-state index contributed by atoms with van der Waals surface area (Å²) in [6.07, 6.45) is 0.749. The van der Waals surface area contributed by atoms with E-state index in [0.717, 1.165) is 23.2 Å². The van der Waals surface area contributed by atoms with Gasteiger partial charge in [-0.2, -0.15) is 0 Å². The van der Waals surface area contributed by atoms with Crippen LogP contribution in [0.2, 0.25) is 0 Å². The van der Waals surface area contributed by atoms with Crippen LogP contribution in [0.15, 0.2) is 54.6 Å². The zero-order valence-corrected chi connectivity index (χ0v) is 12.7. The molecule has 0 aliphatic carbocycles. The predicted molar refractivity (Wildman–Crippen MR) is 87.1 cm³/mol. The first-order valence-corrected chi connectivity index (χ1v) is 7.56. The molecular weight excluding hydrogens is 292 g/mol. The summed E-state index contributed by atoms with van der Waals surface area (Å²) in [6, 6.07) is 17.2. The van der Waals surface area contributed by atoms with E-state index in [4.69, 9.17) is 4.74 Å². The molecule has 0 bridgehead atoms. The molecule has 6 heteroatoms. The lowest BCUT2D eigenvalue weighted by atomic mass is 10.3. The van der Waals surface area contributed by atoms with Gasteiger partial charge < -0.3 is 10.1 Å². The van der Waals surface area contributed by atoms with E-state index < -0.39 is 0 Å². The van der Waals surface area contributed by atoms with Crippen LogP contribution in [0.4, 0.5) is 0 Å². The third-order valence-electron chi connectivity index (χ3n) is 3.37. The number of para-hydroxylation sites is 2. The number of ether oxygens (including phenoxy) is 1. The lowest BCUT2D eigenvalue weighted by molar-refractivity contribution is -0.121. The van der Waals surface area contributed by atoms with Gasteiger partial charge in [0.25, 0.3) is 0 Å². The first-order chi connectivity index (χ1) is 11.3. The van der Waals surface area contributed by atoms with Crippen LogP contribution < -0.4 is 10.1 Å². The lowest BCUT2D eigenvalue weighted by Gasteiger charge is -2.07. The highest BCUT2D eigenvalue weighted by atomic mass is 16.5. The van der Waals surface area contributed by atoms with Crippen molar-refractivity contribution in [3.05, 3.63) is 54.6 Å². The summed E-state index contributed by atoms with van der Waals surface area (Å²) in [7, 11) is 0. The summed E-state index contributed by atoms with van der Waals surface area (Å²) < 4.78 is 7.17. The number of amides is 1. The van der Waals surface area contributed by atoms with E-state index in [1.807, 2.05) is 54.6 Å². The van der Waals surface area contributed by atoms with Crippen molar-refractivity contribution in [2.45, 2.75) is 13.0 Å². The van der Waals surface area contributed by atoms with Crippen LogP contribution in [0.3, 0.4) is 0 Å². The standard InChI is InChI=1S/C17H18N4O2/c22-17(13-21-16-10-5-4-9-15(16)19-20-21)18-11-6-12-23-14-7-2-1-3-8-14/h1-5,7-10H,6,11-13H2,(H,18,22). The molecule has 0 radical (unpaired) electrons. The maximum atomic E-state index is 11.9. The second kappa shape index (κ2) is 7.40. The Morgan fingerprint density at radius 2 is 1.87 bits per heavy atom. The van der Waals surface area contributed by atoms with E-state index >= 15 is 0 Å². The molecule has 0 saturated carbocycles. The Bertz CT molecular complexity index is 770. The van der Waals surface area contributed by atoms with Crippen molar-refractivity contribution in [1.29, 1.82) is 0 Å². The Morgan fingerprint density at radius 1 is 1.09 bits per heavy atom. The van der Waals surface area contributed by atoms with Crippen LogP contribution in [-0.2, 0) is 11.3 Å². The summed E-state index contributed by atoms with van der Waals surface area (Å²) in [5, 5.41) is 10.9. The third kappa shape index (κ3) is 4.06. The summed E-state index contributed by atoms with van der Waals surface area (Å²) >= 11 is 0. The van der Waals surface area contributed by atoms with Gasteiger partial charge >= 0.3 is 0 Å². The van der Waals surface area contributed by atoms with Crippen molar-refractivity contribution in [1.82, 2.24) is 20.3 Å². The molecular formula is C17H18N4O2. The molecule has 0 aliphatic rings. The zero-order valence-electron chi connectivity index (χ0n) is 12.7. The van der Waals surface area contributed by atoms with Crippen molar-refractivity contribution in [2.24, 2.45) is 0 Å². The molecule has 3 rings (SSSR count). The van der Waals surface area contributed by atoms with E-state index in [2.05, 4.69) is 15.6 Å². The molecule has 118 valence electrons. The monoisotopic (exact) mass is 310 g/mol. The molecule has 23 heavy (non-hydrogen) atoms. The number of nitrogens with one attached hydrogen (secondary N) is 1. The summed E-state index contributed by atoms with van der Waals surface area (Å²) in [6.45, 7) is 1.30. The number of benzene rings is 2. The van der Waals surface area contributed by atoms with Crippen LogP contribution in [0.25, 0.3) is 11.0 Å². The highest BCUT2D eigenvalue weighted by Crippen LogP contribution is 2.09. The molecule has 6 nitrogen and oxygen atoms in total. The fourth-order valence-corrected chi connectivity index (χ4v) is 2.23. The topological polar surface area (TPSA) is 69.0 Å². The van der Waals surface area contributed by atoms with E-state index in [-0.39, 0.29) is 12.5 Å². The molecule has 0 spiro atoms. The lowest BCUT2D eigenvalue weighted by Crippen LogP contribution is -2.29. The number of carbonyl (C=O) groups excluding carboxylic acids is 1. The quantitative estimate of drug-likeness (QED) is 0.678. The van der Waals surface area contributed by atoms with Gasteiger partial charge in [-0.15, -0.1) is 5.10 Å². The van der Waals surface area contributed by atoms with Crippen LogP contribution in [0, 0.1) is 0 Å². The fourth-order valence-electron chi connectivity index (χ4n) is 2.23. The first kappa shape index (κ1) is 15.0. The van der Waals surface area contributed by atoms with Crippen LogP contribution in [0.5, 0.6) is 5.75 Å². The van der Waals surface area contributed by atoms with Gasteiger partial charge in [-0.25, -0.2) is 4.68 Å². The van der Waals surface area contributed by atoms with Gasteiger partial charge in [0.05, 0.1) is 12.1 Å². The largest absolute Gasteiger partial charge is 0.494 e. The fraction of sp³-hybridized carbons (Fsp3) is 0.235. The maximum Gasteiger partial charge on any atom is 0.241 e. The van der Waals surface area contributed by atoms with Crippen LogP contribution in [-0.4, -0.2) is 34.1 Å². The van der Waals surface area contributed by atoms with Crippen LogP contribution in [0.1, 0.15) is 6.42 Å². The number of nitrogens with zero attached hydrogens (tertiary/aromatic N) is 3. The highest BCUT2D eigenvalue weighted by molar-refractivity contribution is 5.79. The summed E-state index contributed by atoms with van der Waals surface area (Å²) in [4.78, 5) is 11.9. The average molecular weight is 310 g/mol. The third-order valence-corrected chi connectivity index (χ3v) is 3.37.